The summed E-state index contributed by atoms with van der Waals surface area (Å²) in [5.74, 6) is 2.01. The van der Waals surface area contributed by atoms with Gasteiger partial charge in [-0.1, -0.05) is 0 Å². The maximum Gasteiger partial charge on any atom is 0.163 e. The molecule has 2 saturated heterocycles. The smallest absolute Gasteiger partial charge is 0.163 e. The van der Waals surface area contributed by atoms with Crippen LogP contribution in [0.4, 0.5) is 0 Å². The molecule has 7 heteroatoms. The molecular formula is C22H33N5O2. The van der Waals surface area contributed by atoms with Crippen LogP contribution in [0.15, 0.2) is 18.5 Å². The highest BCUT2D eigenvalue weighted by Gasteiger charge is 2.21. The van der Waals surface area contributed by atoms with Crippen LogP contribution in [-0.2, 0) is 0 Å². The summed E-state index contributed by atoms with van der Waals surface area (Å²) in [6.07, 6.45) is 4.91. The molecule has 0 saturated carbocycles. The molecule has 4 rings (SSSR count). The Morgan fingerprint density at radius 2 is 1.86 bits per heavy atom. The molecule has 0 radical (unpaired) electrons. The molecule has 0 aliphatic carbocycles. The summed E-state index contributed by atoms with van der Waals surface area (Å²) >= 11 is 0. The Bertz CT molecular complexity index is 801. The number of piperidine rings is 1. The Kier molecular flexibility index (Phi) is 6.79. The third kappa shape index (κ3) is 4.97. The number of rotatable bonds is 7. The van der Waals surface area contributed by atoms with Gasteiger partial charge in [0.25, 0.3) is 0 Å². The molecule has 158 valence electrons. The molecule has 2 aromatic rings. The van der Waals surface area contributed by atoms with Gasteiger partial charge in [-0.25, -0.2) is 9.97 Å². The van der Waals surface area contributed by atoms with Gasteiger partial charge in [-0.15, -0.1) is 0 Å². The number of hydrogen-bond acceptors (Lipinski definition) is 7. The number of aromatic nitrogens is 2. The van der Waals surface area contributed by atoms with Gasteiger partial charge in [-0.05, 0) is 45.5 Å². The van der Waals surface area contributed by atoms with E-state index in [2.05, 4.69) is 38.2 Å². The molecule has 1 N–H and O–H groups in total. The van der Waals surface area contributed by atoms with E-state index in [0.717, 1.165) is 93.2 Å². The third-order valence-electron chi connectivity index (χ3n) is 6.15. The van der Waals surface area contributed by atoms with Crippen molar-refractivity contribution in [2.75, 3.05) is 66.6 Å². The Labute approximate surface area is 173 Å². The van der Waals surface area contributed by atoms with Crippen molar-refractivity contribution in [2.45, 2.75) is 25.2 Å². The molecule has 0 unspecified atom stereocenters. The molecule has 0 spiro atoms. The van der Waals surface area contributed by atoms with Gasteiger partial charge in [0, 0.05) is 50.1 Å². The van der Waals surface area contributed by atoms with Crippen LogP contribution in [-0.4, -0.2) is 86.3 Å². The topological polar surface area (TPSA) is 62.8 Å². The van der Waals surface area contributed by atoms with E-state index in [-0.39, 0.29) is 0 Å². The molecule has 0 atom stereocenters. The number of nitrogens with zero attached hydrogens (tertiary/aromatic N) is 4. The number of hydrogen-bond donors (Lipinski definition) is 1. The summed E-state index contributed by atoms with van der Waals surface area (Å²) < 4.78 is 11.7. The van der Waals surface area contributed by atoms with E-state index in [1.807, 2.05) is 6.07 Å². The van der Waals surface area contributed by atoms with Gasteiger partial charge < -0.3 is 24.6 Å². The largest absolute Gasteiger partial charge is 0.493 e. The van der Waals surface area contributed by atoms with Gasteiger partial charge in [-0.3, -0.25) is 0 Å². The van der Waals surface area contributed by atoms with Gasteiger partial charge in [0.15, 0.2) is 11.5 Å². The standard InChI is InChI=1S/C22H33N5O2/c1-26-9-11-27(12-10-26)8-3-13-29-21-15-19-18(14-20(21)28-2)22(25-16-24-19)17-4-6-23-7-5-17/h14-17,23H,3-13H2,1-2H3. The van der Waals surface area contributed by atoms with E-state index in [4.69, 9.17) is 9.47 Å². The Balaban J connectivity index is 1.42. The summed E-state index contributed by atoms with van der Waals surface area (Å²) in [6.45, 7) is 8.44. The van der Waals surface area contributed by atoms with Crippen molar-refractivity contribution < 1.29 is 9.47 Å². The van der Waals surface area contributed by atoms with Crippen molar-refractivity contribution >= 4 is 10.9 Å². The normalized spacial score (nSPS) is 19.5. The average Bonchev–Trinajstić information content (AvgIpc) is 2.77. The summed E-state index contributed by atoms with van der Waals surface area (Å²) in [6, 6.07) is 4.07. The van der Waals surface area contributed by atoms with Crippen LogP contribution >= 0.6 is 0 Å². The molecule has 0 bridgehead atoms. The highest BCUT2D eigenvalue weighted by atomic mass is 16.5. The Morgan fingerprint density at radius 1 is 1.07 bits per heavy atom. The number of benzene rings is 1. The summed E-state index contributed by atoms with van der Waals surface area (Å²) in [5.41, 5.74) is 2.07. The minimum Gasteiger partial charge on any atom is -0.493 e. The van der Waals surface area contributed by atoms with Crippen LogP contribution in [0.25, 0.3) is 10.9 Å². The van der Waals surface area contributed by atoms with Crippen LogP contribution in [0.5, 0.6) is 11.5 Å². The zero-order chi connectivity index (χ0) is 20.1. The van der Waals surface area contributed by atoms with Gasteiger partial charge in [0.1, 0.15) is 6.33 Å². The Hall–Kier alpha value is -1.96. The van der Waals surface area contributed by atoms with Crippen molar-refractivity contribution in [3.8, 4) is 11.5 Å². The monoisotopic (exact) mass is 399 g/mol. The first-order valence-electron chi connectivity index (χ1n) is 10.8. The second-order valence-electron chi connectivity index (χ2n) is 8.15. The molecule has 2 aliphatic rings. The van der Waals surface area contributed by atoms with Crippen molar-refractivity contribution in [2.24, 2.45) is 0 Å². The number of methoxy groups -OCH3 is 1. The summed E-state index contributed by atoms with van der Waals surface area (Å²) in [7, 11) is 3.89. The maximum atomic E-state index is 6.10. The predicted octanol–water partition coefficient (Wildman–Crippen LogP) is 2.12. The molecule has 1 aromatic carbocycles. The number of nitrogens with one attached hydrogen (secondary N) is 1. The number of ether oxygens (including phenoxy) is 2. The number of fused-ring (bicyclic) bond motifs is 1. The number of likely N-dealkylation sites (N-methyl/N-ethyl adjacent to an activating group) is 1. The molecule has 1 aromatic heterocycles. The van der Waals surface area contributed by atoms with Crippen LogP contribution in [0, 0.1) is 0 Å². The van der Waals surface area contributed by atoms with E-state index in [0.29, 0.717) is 12.5 Å². The molecule has 2 aliphatic heterocycles. The maximum absolute atomic E-state index is 6.10. The SMILES string of the molecule is COc1cc2c(C3CCNCC3)ncnc2cc1OCCCN1CCN(C)CC1. The lowest BCUT2D eigenvalue weighted by Crippen LogP contribution is -2.44. The first kappa shape index (κ1) is 20.3. The quantitative estimate of drug-likeness (QED) is 0.716. The first-order chi connectivity index (χ1) is 14.2. The minimum absolute atomic E-state index is 0.474. The van der Waals surface area contributed by atoms with Crippen LogP contribution in [0.1, 0.15) is 30.9 Å². The molecule has 29 heavy (non-hydrogen) atoms. The van der Waals surface area contributed by atoms with Crippen molar-refractivity contribution in [1.29, 1.82) is 0 Å². The molecule has 2 fully saturated rings. The highest BCUT2D eigenvalue weighted by Crippen LogP contribution is 2.36. The summed E-state index contributed by atoms with van der Waals surface area (Å²) in [5, 5.41) is 4.51. The zero-order valence-electron chi connectivity index (χ0n) is 17.7. The van der Waals surface area contributed by atoms with E-state index >= 15 is 0 Å². The average molecular weight is 400 g/mol. The molecule has 0 amide bonds. The number of piperazine rings is 1. The van der Waals surface area contributed by atoms with Crippen molar-refractivity contribution in [3.63, 3.8) is 0 Å². The van der Waals surface area contributed by atoms with E-state index < -0.39 is 0 Å². The van der Waals surface area contributed by atoms with E-state index in [1.54, 1.807) is 13.4 Å². The predicted molar refractivity (Wildman–Crippen MR) is 115 cm³/mol. The molecular weight excluding hydrogens is 366 g/mol. The van der Waals surface area contributed by atoms with Crippen LogP contribution < -0.4 is 14.8 Å². The highest BCUT2D eigenvalue weighted by molar-refractivity contribution is 5.85. The lowest BCUT2D eigenvalue weighted by molar-refractivity contribution is 0.145. The van der Waals surface area contributed by atoms with E-state index in [1.165, 1.54) is 0 Å². The van der Waals surface area contributed by atoms with Gasteiger partial charge in [-0.2, -0.15) is 0 Å². The first-order valence-corrected chi connectivity index (χ1v) is 10.8. The third-order valence-corrected chi connectivity index (χ3v) is 6.15. The van der Waals surface area contributed by atoms with Crippen molar-refractivity contribution in [3.05, 3.63) is 24.2 Å². The van der Waals surface area contributed by atoms with Crippen LogP contribution in [0.3, 0.4) is 0 Å². The fourth-order valence-corrected chi connectivity index (χ4v) is 4.32. The van der Waals surface area contributed by atoms with Crippen LogP contribution in [0.2, 0.25) is 0 Å². The molecule has 7 nitrogen and oxygen atoms in total. The fraction of sp³-hybridized carbons (Fsp3) is 0.636. The van der Waals surface area contributed by atoms with Gasteiger partial charge in [0.05, 0.1) is 24.9 Å². The molecule has 3 heterocycles. The lowest BCUT2D eigenvalue weighted by Gasteiger charge is -2.32. The van der Waals surface area contributed by atoms with Gasteiger partial charge in [0.2, 0.25) is 0 Å². The van der Waals surface area contributed by atoms with E-state index in [9.17, 15) is 0 Å². The zero-order valence-corrected chi connectivity index (χ0v) is 17.7. The summed E-state index contributed by atoms with van der Waals surface area (Å²) in [4.78, 5) is 14.0. The second kappa shape index (κ2) is 9.69. The van der Waals surface area contributed by atoms with Gasteiger partial charge >= 0.3 is 0 Å². The second-order valence-corrected chi connectivity index (χ2v) is 8.15. The fourth-order valence-electron chi connectivity index (χ4n) is 4.32. The van der Waals surface area contributed by atoms with Crippen molar-refractivity contribution in [1.82, 2.24) is 25.1 Å². The minimum atomic E-state index is 0.474. The Morgan fingerprint density at radius 3 is 2.62 bits per heavy atom. The lowest BCUT2D eigenvalue weighted by atomic mass is 9.92.